The van der Waals surface area contributed by atoms with Gasteiger partial charge in [-0.3, -0.25) is 9.69 Å². The van der Waals surface area contributed by atoms with Gasteiger partial charge in [0.1, 0.15) is 16.9 Å². The molecule has 1 amide bonds. The molecule has 0 unspecified atom stereocenters. The predicted octanol–water partition coefficient (Wildman–Crippen LogP) is 2.88. The van der Waals surface area contributed by atoms with Crippen LogP contribution in [0.15, 0.2) is 11.2 Å². The summed E-state index contributed by atoms with van der Waals surface area (Å²) in [7, 11) is -1.12. The number of nitrogens with zero attached hydrogens (tertiary/aromatic N) is 3. The Kier molecular flexibility index (Phi) is 5.06. The molecular formula is C12H18ClN3O2SSi. The minimum Gasteiger partial charge on any atom is -0.361 e. The first kappa shape index (κ1) is 15.8. The molecule has 0 fully saturated rings. The Labute approximate surface area is 129 Å². The van der Waals surface area contributed by atoms with Gasteiger partial charge in [0.2, 0.25) is 5.91 Å². The van der Waals surface area contributed by atoms with Gasteiger partial charge in [-0.2, -0.15) is 0 Å². The van der Waals surface area contributed by atoms with Gasteiger partial charge < -0.3 is 4.74 Å². The molecule has 1 aromatic rings. The third-order valence-electron chi connectivity index (χ3n) is 2.80. The number of fused-ring (bicyclic) bond motifs is 1. The van der Waals surface area contributed by atoms with E-state index in [-0.39, 0.29) is 17.8 Å². The SMILES string of the molecule is C[Si](C)(C)CCOCN1C(=O)CSc2ncc(Cl)nc21. The van der Waals surface area contributed by atoms with Crippen LogP contribution in [0.4, 0.5) is 5.82 Å². The van der Waals surface area contributed by atoms with Crippen LogP contribution in [-0.4, -0.2) is 43.0 Å². The van der Waals surface area contributed by atoms with E-state index >= 15 is 0 Å². The number of halogens is 1. The number of amides is 1. The first-order valence-electron chi connectivity index (χ1n) is 6.40. The maximum atomic E-state index is 12.0. The van der Waals surface area contributed by atoms with E-state index in [2.05, 4.69) is 29.6 Å². The summed E-state index contributed by atoms with van der Waals surface area (Å²) in [6, 6.07) is 1.07. The van der Waals surface area contributed by atoms with Crippen LogP contribution in [0.3, 0.4) is 0 Å². The van der Waals surface area contributed by atoms with Gasteiger partial charge in [-0.25, -0.2) is 9.97 Å². The van der Waals surface area contributed by atoms with Crippen molar-refractivity contribution in [3.8, 4) is 0 Å². The Bertz CT molecular complexity index is 510. The van der Waals surface area contributed by atoms with Crippen LogP contribution < -0.4 is 4.90 Å². The Balaban J connectivity index is 2.01. The second kappa shape index (κ2) is 6.42. The quantitative estimate of drug-likeness (QED) is 0.613. The third kappa shape index (κ3) is 4.18. The number of aromatic nitrogens is 2. The molecule has 110 valence electrons. The summed E-state index contributed by atoms with van der Waals surface area (Å²) >= 11 is 7.24. The van der Waals surface area contributed by atoms with E-state index in [1.54, 1.807) is 0 Å². The van der Waals surface area contributed by atoms with Gasteiger partial charge in [-0.15, -0.1) is 0 Å². The second-order valence-electron chi connectivity index (χ2n) is 5.78. The zero-order valence-corrected chi connectivity index (χ0v) is 14.4. The average molecular weight is 332 g/mol. The van der Waals surface area contributed by atoms with Crippen molar-refractivity contribution < 1.29 is 9.53 Å². The Morgan fingerprint density at radius 2 is 2.25 bits per heavy atom. The lowest BCUT2D eigenvalue weighted by molar-refractivity contribution is -0.117. The number of thioether (sulfide) groups is 1. The maximum Gasteiger partial charge on any atom is 0.240 e. The number of ether oxygens (including phenoxy) is 1. The van der Waals surface area contributed by atoms with Crippen molar-refractivity contribution in [1.82, 2.24) is 9.97 Å². The molecule has 2 heterocycles. The minimum absolute atomic E-state index is 0.0212. The molecule has 0 N–H and O–H groups in total. The zero-order chi connectivity index (χ0) is 14.8. The van der Waals surface area contributed by atoms with E-state index in [1.807, 2.05) is 0 Å². The van der Waals surface area contributed by atoms with E-state index in [1.165, 1.54) is 22.9 Å². The summed E-state index contributed by atoms with van der Waals surface area (Å²) < 4.78 is 5.64. The minimum atomic E-state index is -1.12. The summed E-state index contributed by atoms with van der Waals surface area (Å²) in [6.07, 6.45) is 1.49. The number of hydrogen-bond donors (Lipinski definition) is 0. The van der Waals surface area contributed by atoms with Crippen LogP contribution in [-0.2, 0) is 9.53 Å². The molecule has 0 aliphatic carbocycles. The molecule has 0 bridgehead atoms. The van der Waals surface area contributed by atoms with Crippen molar-refractivity contribution in [2.75, 3.05) is 24.0 Å². The van der Waals surface area contributed by atoms with Crippen molar-refractivity contribution in [2.45, 2.75) is 30.7 Å². The fourth-order valence-electron chi connectivity index (χ4n) is 1.62. The van der Waals surface area contributed by atoms with Crippen LogP contribution in [0.2, 0.25) is 30.8 Å². The Hall–Kier alpha value is -0.633. The monoisotopic (exact) mass is 331 g/mol. The van der Waals surface area contributed by atoms with Crippen LogP contribution in [0, 0.1) is 0 Å². The number of anilines is 1. The van der Waals surface area contributed by atoms with Gasteiger partial charge in [0.05, 0.1) is 11.9 Å². The van der Waals surface area contributed by atoms with Crippen molar-refractivity contribution in [2.24, 2.45) is 0 Å². The highest BCUT2D eigenvalue weighted by Crippen LogP contribution is 2.32. The van der Waals surface area contributed by atoms with Crippen molar-refractivity contribution in [3.05, 3.63) is 11.3 Å². The van der Waals surface area contributed by atoms with Crippen molar-refractivity contribution in [1.29, 1.82) is 0 Å². The summed E-state index contributed by atoms with van der Waals surface area (Å²) in [5.41, 5.74) is 0. The molecule has 2 rings (SSSR count). The van der Waals surface area contributed by atoms with Crippen LogP contribution in [0.25, 0.3) is 0 Å². The van der Waals surface area contributed by atoms with Crippen LogP contribution in [0.5, 0.6) is 0 Å². The van der Waals surface area contributed by atoms with Gasteiger partial charge in [-0.1, -0.05) is 43.0 Å². The predicted molar refractivity (Wildman–Crippen MR) is 84.2 cm³/mol. The molecule has 0 spiro atoms. The molecular weight excluding hydrogens is 314 g/mol. The molecule has 1 aliphatic rings. The van der Waals surface area contributed by atoms with E-state index in [9.17, 15) is 4.79 Å². The molecule has 5 nitrogen and oxygen atoms in total. The van der Waals surface area contributed by atoms with Crippen molar-refractivity contribution >= 4 is 43.2 Å². The number of carbonyl (C=O) groups excluding carboxylic acids is 1. The standard InChI is InChI=1S/C12H18ClN3O2SSi/c1-20(2,3)5-4-18-8-16-10(17)7-19-12-11(16)15-9(13)6-14-12/h6H,4-5,7-8H2,1-3H3. The van der Waals surface area contributed by atoms with E-state index in [0.717, 1.165) is 11.1 Å². The highest BCUT2D eigenvalue weighted by molar-refractivity contribution is 8.00. The Morgan fingerprint density at radius 3 is 2.95 bits per heavy atom. The van der Waals surface area contributed by atoms with Gasteiger partial charge in [0.15, 0.2) is 5.82 Å². The first-order valence-corrected chi connectivity index (χ1v) is 11.5. The molecule has 1 aliphatic heterocycles. The number of hydrogen-bond acceptors (Lipinski definition) is 5. The molecule has 0 saturated carbocycles. The topological polar surface area (TPSA) is 55.3 Å². The Morgan fingerprint density at radius 1 is 1.50 bits per heavy atom. The number of rotatable bonds is 5. The highest BCUT2D eigenvalue weighted by atomic mass is 35.5. The lowest BCUT2D eigenvalue weighted by Gasteiger charge is -2.27. The fraction of sp³-hybridized carbons (Fsp3) is 0.583. The highest BCUT2D eigenvalue weighted by Gasteiger charge is 2.27. The average Bonchev–Trinajstić information content (AvgIpc) is 2.35. The fourth-order valence-corrected chi connectivity index (χ4v) is 3.33. The molecule has 8 heteroatoms. The number of carbonyl (C=O) groups is 1. The van der Waals surface area contributed by atoms with Crippen LogP contribution in [0.1, 0.15) is 0 Å². The summed E-state index contributed by atoms with van der Waals surface area (Å²) in [6.45, 7) is 7.75. The van der Waals surface area contributed by atoms with Gasteiger partial charge in [-0.05, 0) is 6.04 Å². The third-order valence-corrected chi connectivity index (χ3v) is 5.64. The molecule has 0 aromatic carbocycles. The van der Waals surface area contributed by atoms with E-state index in [0.29, 0.717) is 18.2 Å². The summed E-state index contributed by atoms with van der Waals surface area (Å²) in [4.78, 5) is 21.9. The van der Waals surface area contributed by atoms with Gasteiger partial charge in [0, 0.05) is 14.7 Å². The lowest BCUT2D eigenvalue weighted by Crippen LogP contribution is -2.38. The largest absolute Gasteiger partial charge is 0.361 e. The molecule has 0 radical (unpaired) electrons. The van der Waals surface area contributed by atoms with Gasteiger partial charge >= 0.3 is 0 Å². The smallest absolute Gasteiger partial charge is 0.240 e. The summed E-state index contributed by atoms with van der Waals surface area (Å²) in [5, 5.41) is 1.01. The second-order valence-corrected chi connectivity index (χ2v) is 12.8. The molecule has 1 aromatic heterocycles. The van der Waals surface area contributed by atoms with E-state index in [4.69, 9.17) is 16.3 Å². The van der Waals surface area contributed by atoms with Crippen molar-refractivity contribution in [3.63, 3.8) is 0 Å². The van der Waals surface area contributed by atoms with Gasteiger partial charge in [0.25, 0.3) is 0 Å². The molecule has 0 saturated heterocycles. The van der Waals surface area contributed by atoms with Crippen LogP contribution >= 0.6 is 23.4 Å². The normalized spacial score (nSPS) is 15.4. The zero-order valence-electron chi connectivity index (χ0n) is 11.9. The summed E-state index contributed by atoms with van der Waals surface area (Å²) in [5.74, 6) is 0.847. The van der Waals surface area contributed by atoms with E-state index < -0.39 is 8.07 Å². The lowest BCUT2D eigenvalue weighted by atomic mass is 10.5. The molecule has 20 heavy (non-hydrogen) atoms. The maximum absolute atomic E-state index is 12.0. The molecule has 0 atom stereocenters. The first-order chi connectivity index (χ1) is 9.37.